The topological polar surface area (TPSA) is 67.8 Å². The molecule has 0 radical (unpaired) electrons. The Morgan fingerprint density at radius 1 is 1.11 bits per heavy atom. The summed E-state index contributed by atoms with van der Waals surface area (Å²) in [6, 6.07) is 17.7. The van der Waals surface area contributed by atoms with Crippen molar-refractivity contribution in [2.75, 3.05) is 11.1 Å². The first-order chi connectivity index (χ1) is 13.6. The Morgan fingerprint density at radius 2 is 1.93 bits per heavy atom. The highest BCUT2D eigenvalue weighted by atomic mass is 79.9. The molecular weight excluding hydrogens is 456 g/mol. The van der Waals surface area contributed by atoms with Crippen molar-refractivity contribution in [3.8, 4) is 11.3 Å². The van der Waals surface area contributed by atoms with Gasteiger partial charge in [-0.15, -0.1) is 0 Å². The number of aromatic nitrogens is 3. The molecule has 0 spiro atoms. The van der Waals surface area contributed by atoms with E-state index in [2.05, 4.69) is 36.2 Å². The monoisotopic (exact) mass is 470 g/mol. The Labute approximate surface area is 178 Å². The molecule has 0 unspecified atom stereocenters. The second kappa shape index (κ2) is 8.38. The van der Waals surface area contributed by atoms with Gasteiger partial charge in [0, 0.05) is 15.7 Å². The van der Waals surface area contributed by atoms with Gasteiger partial charge in [0.15, 0.2) is 10.3 Å². The second-order valence-electron chi connectivity index (χ2n) is 6.01. The molecule has 2 aromatic heterocycles. The van der Waals surface area contributed by atoms with Gasteiger partial charge in [-0.25, -0.2) is 15.0 Å². The molecular formula is C20H15BrN4OS2. The summed E-state index contributed by atoms with van der Waals surface area (Å²) in [5, 5.41) is 4.04. The predicted octanol–water partition coefficient (Wildman–Crippen LogP) is 5.56. The number of hydrogen-bond acceptors (Lipinski definition) is 6. The van der Waals surface area contributed by atoms with E-state index in [9.17, 15) is 4.79 Å². The Balaban J connectivity index is 1.43. The number of thiazole rings is 1. The third kappa shape index (κ3) is 4.57. The smallest absolute Gasteiger partial charge is 0.236 e. The number of halogens is 1. The highest BCUT2D eigenvalue weighted by Gasteiger charge is 2.11. The van der Waals surface area contributed by atoms with Crippen LogP contribution in [0.1, 0.15) is 5.69 Å². The van der Waals surface area contributed by atoms with Crippen LogP contribution in [-0.4, -0.2) is 26.6 Å². The van der Waals surface area contributed by atoms with Gasteiger partial charge >= 0.3 is 0 Å². The quantitative estimate of drug-likeness (QED) is 0.305. The summed E-state index contributed by atoms with van der Waals surface area (Å²) in [5.74, 6) is 0.0894. The van der Waals surface area contributed by atoms with Gasteiger partial charge in [0.05, 0.1) is 21.7 Å². The number of thioether (sulfide) groups is 1. The van der Waals surface area contributed by atoms with E-state index in [0.717, 1.165) is 31.6 Å². The van der Waals surface area contributed by atoms with Crippen molar-refractivity contribution < 1.29 is 4.79 Å². The van der Waals surface area contributed by atoms with Gasteiger partial charge in [-0.3, -0.25) is 4.79 Å². The molecule has 1 N–H and O–H groups in total. The van der Waals surface area contributed by atoms with Crippen molar-refractivity contribution in [3.63, 3.8) is 0 Å². The van der Waals surface area contributed by atoms with Crippen molar-refractivity contribution in [2.24, 2.45) is 0 Å². The number of nitrogens with one attached hydrogen (secondary N) is 1. The zero-order valence-electron chi connectivity index (χ0n) is 14.8. The number of fused-ring (bicyclic) bond motifs is 1. The number of carbonyl (C=O) groups excluding carboxylic acids is 1. The Bertz CT molecular complexity index is 1150. The van der Waals surface area contributed by atoms with Crippen LogP contribution < -0.4 is 5.32 Å². The van der Waals surface area contributed by atoms with Crippen molar-refractivity contribution >= 4 is 60.3 Å². The lowest BCUT2D eigenvalue weighted by Gasteiger charge is -2.06. The van der Waals surface area contributed by atoms with Gasteiger partial charge in [0.25, 0.3) is 0 Å². The minimum Gasteiger partial charge on any atom is -0.301 e. The Kier molecular flexibility index (Phi) is 5.70. The summed E-state index contributed by atoms with van der Waals surface area (Å²) in [7, 11) is 0. The highest BCUT2D eigenvalue weighted by Crippen LogP contribution is 2.29. The van der Waals surface area contributed by atoms with E-state index >= 15 is 0 Å². The lowest BCUT2D eigenvalue weighted by molar-refractivity contribution is -0.113. The summed E-state index contributed by atoms with van der Waals surface area (Å²) in [4.78, 5) is 25.8. The molecule has 2 heterocycles. The molecule has 8 heteroatoms. The van der Waals surface area contributed by atoms with Gasteiger partial charge in [0.1, 0.15) is 0 Å². The number of anilines is 1. The van der Waals surface area contributed by atoms with Gasteiger partial charge in [-0.2, -0.15) is 0 Å². The van der Waals surface area contributed by atoms with E-state index in [0.29, 0.717) is 10.3 Å². The lowest BCUT2D eigenvalue weighted by Crippen LogP contribution is -2.14. The van der Waals surface area contributed by atoms with Crippen molar-refractivity contribution in [2.45, 2.75) is 12.1 Å². The van der Waals surface area contributed by atoms with Crippen LogP contribution in [0.15, 0.2) is 64.2 Å². The minimum atomic E-state index is -0.130. The van der Waals surface area contributed by atoms with Crippen LogP contribution in [-0.2, 0) is 4.79 Å². The van der Waals surface area contributed by atoms with Crippen molar-refractivity contribution in [3.05, 3.63) is 64.8 Å². The minimum absolute atomic E-state index is 0.130. The SMILES string of the molecule is Cc1cc(-c2ccccc2)nc(SCC(=O)Nc2nc3ccc(Br)cc3s2)n1. The van der Waals surface area contributed by atoms with Gasteiger partial charge in [-0.1, -0.05) is 69.4 Å². The van der Waals surface area contributed by atoms with E-state index < -0.39 is 0 Å². The number of carbonyl (C=O) groups is 1. The molecule has 140 valence electrons. The van der Waals surface area contributed by atoms with Crippen LogP contribution in [0.2, 0.25) is 0 Å². The molecule has 0 bridgehead atoms. The molecule has 4 rings (SSSR count). The van der Waals surface area contributed by atoms with Crippen LogP contribution in [0.4, 0.5) is 5.13 Å². The number of benzene rings is 2. The number of rotatable bonds is 5. The number of nitrogens with zero attached hydrogens (tertiary/aromatic N) is 3. The summed E-state index contributed by atoms with van der Waals surface area (Å²) in [6.07, 6.45) is 0. The molecule has 0 saturated heterocycles. The van der Waals surface area contributed by atoms with E-state index in [4.69, 9.17) is 0 Å². The largest absolute Gasteiger partial charge is 0.301 e. The van der Waals surface area contributed by atoms with E-state index in [1.54, 1.807) is 0 Å². The van der Waals surface area contributed by atoms with Gasteiger partial charge in [0.2, 0.25) is 5.91 Å². The maximum absolute atomic E-state index is 12.3. The van der Waals surface area contributed by atoms with Crippen LogP contribution in [0.25, 0.3) is 21.5 Å². The fourth-order valence-electron chi connectivity index (χ4n) is 2.60. The summed E-state index contributed by atoms with van der Waals surface area (Å²) < 4.78 is 2.01. The molecule has 0 atom stereocenters. The normalized spacial score (nSPS) is 10.9. The number of aryl methyl sites for hydroxylation is 1. The Morgan fingerprint density at radius 3 is 2.75 bits per heavy atom. The Hall–Kier alpha value is -2.29. The molecule has 28 heavy (non-hydrogen) atoms. The number of amides is 1. The fourth-order valence-corrected chi connectivity index (χ4v) is 4.74. The first kappa shape index (κ1) is 19.0. The molecule has 0 aliphatic heterocycles. The highest BCUT2D eigenvalue weighted by molar-refractivity contribution is 9.10. The maximum atomic E-state index is 12.3. The van der Waals surface area contributed by atoms with E-state index in [-0.39, 0.29) is 11.7 Å². The zero-order valence-corrected chi connectivity index (χ0v) is 18.1. The average molecular weight is 471 g/mol. The first-order valence-corrected chi connectivity index (χ1v) is 11.1. The number of hydrogen-bond donors (Lipinski definition) is 1. The van der Waals surface area contributed by atoms with Crippen LogP contribution in [0, 0.1) is 6.92 Å². The maximum Gasteiger partial charge on any atom is 0.236 e. The molecule has 1 amide bonds. The second-order valence-corrected chi connectivity index (χ2v) is 8.90. The summed E-state index contributed by atoms with van der Waals surface area (Å²) in [5.41, 5.74) is 3.62. The molecule has 0 aliphatic carbocycles. The van der Waals surface area contributed by atoms with Crippen molar-refractivity contribution in [1.29, 1.82) is 0 Å². The summed E-state index contributed by atoms with van der Waals surface area (Å²) >= 11 is 6.21. The molecule has 0 saturated carbocycles. The molecule has 0 aliphatic rings. The molecule has 4 aromatic rings. The van der Waals surface area contributed by atoms with Crippen LogP contribution >= 0.6 is 39.0 Å². The predicted molar refractivity (Wildman–Crippen MR) is 119 cm³/mol. The van der Waals surface area contributed by atoms with Crippen LogP contribution in [0.5, 0.6) is 0 Å². The molecule has 2 aromatic carbocycles. The van der Waals surface area contributed by atoms with E-state index in [1.807, 2.05) is 61.5 Å². The standard InChI is InChI=1S/C20H15BrN4OS2/c1-12-9-16(13-5-3-2-4-6-13)24-19(22-12)27-11-18(26)25-20-23-15-8-7-14(21)10-17(15)28-20/h2-10H,11H2,1H3,(H,23,25,26). The first-order valence-electron chi connectivity index (χ1n) is 8.47. The average Bonchev–Trinajstić information content (AvgIpc) is 3.08. The molecule has 5 nitrogen and oxygen atoms in total. The lowest BCUT2D eigenvalue weighted by atomic mass is 10.1. The summed E-state index contributed by atoms with van der Waals surface area (Å²) in [6.45, 7) is 1.93. The third-order valence-corrected chi connectivity index (χ3v) is 6.11. The fraction of sp³-hybridized carbons (Fsp3) is 0.100. The van der Waals surface area contributed by atoms with Gasteiger partial charge in [-0.05, 0) is 31.2 Å². The van der Waals surface area contributed by atoms with E-state index in [1.165, 1.54) is 23.1 Å². The van der Waals surface area contributed by atoms with Crippen LogP contribution in [0.3, 0.4) is 0 Å². The molecule has 0 fully saturated rings. The van der Waals surface area contributed by atoms with Gasteiger partial charge < -0.3 is 5.32 Å². The van der Waals surface area contributed by atoms with Crippen molar-refractivity contribution in [1.82, 2.24) is 15.0 Å². The zero-order chi connectivity index (χ0) is 19.5. The third-order valence-electron chi connectivity index (χ3n) is 3.83.